The Morgan fingerprint density at radius 2 is 1.06 bits per heavy atom. The van der Waals surface area contributed by atoms with E-state index in [0.29, 0.717) is 35.8 Å². The molecule has 4 aromatic carbocycles. The second-order valence-corrected chi connectivity index (χ2v) is 18.1. The topological polar surface area (TPSA) is 108 Å². The van der Waals surface area contributed by atoms with E-state index in [9.17, 15) is 9.59 Å². The van der Waals surface area contributed by atoms with Crippen LogP contribution < -0.4 is 28.4 Å². The number of benzene rings is 4. The minimum absolute atomic E-state index is 0.0533. The maximum atomic E-state index is 12.8. The Balaban J connectivity index is 1.05. The molecule has 0 saturated carbocycles. The summed E-state index contributed by atoms with van der Waals surface area (Å²) in [5.41, 5.74) is 12.0. The van der Waals surface area contributed by atoms with Crippen LogP contribution in [0.1, 0.15) is 80.6 Å². The minimum Gasteiger partial charge on any atom is -0.493 e. The fourth-order valence-corrected chi connectivity index (χ4v) is 10.3. The number of fused-ring (bicyclic) bond motifs is 2. The third-order valence-corrected chi connectivity index (χ3v) is 13.8. The molecule has 0 aliphatic carbocycles. The van der Waals surface area contributed by atoms with E-state index in [1.54, 1.807) is 42.7 Å². The summed E-state index contributed by atoms with van der Waals surface area (Å²) >= 11 is 0. The van der Waals surface area contributed by atoms with E-state index in [-0.39, 0.29) is 25.3 Å². The van der Waals surface area contributed by atoms with Crippen molar-refractivity contribution in [2.24, 2.45) is 0 Å². The molecule has 0 saturated heterocycles. The summed E-state index contributed by atoms with van der Waals surface area (Å²) in [6.07, 6.45) is 6.17. The predicted molar refractivity (Wildman–Crippen MR) is 252 cm³/mol. The summed E-state index contributed by atoms with van der Waals surface area (Å²) in [4.78, 5) is 25.7. The summed E-state index contributed by atoms with van der Waals surface area (Å²) in [5.74, 6) is 3.13. The van der Waals surface area contributed by atoms with Crippen LogP contribution in [0.25, 0.3) is 0 Å². The maximum absolute atomic E-state index is 12.8. The number of rotatable bonds is 19. The average Bonchev–Trinajstić information content (AvgIpc) is 3.29. The van der Waals surface area contributed by atoms with Crippen LogP contribution in [-0.2, 0) is 38.3 Å². The van der Waals surface area contributed by atoms with Crippen LogP contribution >= 0.6 is 0 Å². The van der Waals surface area contributed by atoms with Crippen LogP contribution in [0.15, 0.2) is 60.7 Å². The lowest BCUT2D eigenvalue weighted by atomic mass is 9.83. The zero-order chi connectivity index (χ0) is 47.1. The Kier molecular flexibility index (Phi) is 15.8. The Morgan fingerprint density at radius 3 is 1.65 bits per heavy atom. The molecule has 0 spiro atoms. The van der Waals surface area contributed by atoms with Crippen molar-refractivity contribution in [2.45, 2.75) is 71.9 Å². The standard InChI is InChI=1S/C53H70N2O10/c1-34-26-39-18-22-55(6,51(43(39)28-35(34)2)41-27-37(4)53(63-12)48(32-41)61-10)20-14-24-65-50(57)16-15-49(56)64-23-13-19-54(5)21-17-40-31-45(58-7)46(59-8)33-42(40)44(54)29-38-25-36(3)52(62-11)47(30-38)60-9/h15-16,25-28,30-33,44,51H,13-14,17-24,29H2,1-12H3/q+2/b16-15-. The number of ether oxygens (including phenoxy) is 8. The van der Waals surface area contributed by atoms with Gasteiger partial charge in [-0.3, -0.25) is 0 Å². The predicted octanol–water partition coefficient (Wildman–Crippen LogP) is 8.47. The van der Waals surface area contributed by atoms with E-state index >= 15 is 0 Å². The molecule has 4 unspecified atom stereocenters. The van der Waals surface area contributed by atoms with Crippen LogP contribution in [0.2, 0.25) is 0 Å². The van der Waals surface area contributed by atoms with Gasteiger partial charge < -0.3 is 46.9 Å². The lowest BCUT2D eigenvalue weighted by Crippen LogP contribution is -2.52. The van der Waals surface area contributed by atoms with Gasteiger partial charge in [-0.1, -0.05) is 12.1 Å². The second-order valence-electron chi connectivity index (χ2n) is 18.1. The third kappa shape index (κ3) is 10.7. The molecule has 2 heterocycles. The molecule has 350 valence electrons. The van der Waals surface area contributed by atoms with Gasteiger partial charge in [0.1, 0.15) is 12.1 Å². The summed E-state index contributed by atoms with van der Waals surface area (Å²) < 4.78 is 46.9. The number of methoxy groups -OCH3 is 6. The van der Waals surface area contributed by atoms with E-state index in [1.165, 1.54) is 33.4 Å². The first-order chi connectivity index (χ1) is 31.1. The number of quaternary nitrogens is 2. The normalized spacial score (nSPS) is 20.1. The molecular formula is C53H70N2O10+2. The van der Waals surface area contributed by atoms with Crippen molar-refractivity contribution in [2.75, 3.05) is 96.1 Å². The van der Waals surface area contributed by atoms with Crippen molar-refractivity contribution in [3.63, 3.8) is 0 Å². The zero-order valence-electron chi connectivity index (χ0n) is 40.7. The number of hydrogen-bond donors (Lipinski definition) is 0. The molecule has 12 nitrogen and oxygen atoms in total. The SMILES string of the molecule is COc1cc2c(cc1OC)C(Cc1cc(C)c(OC)c(OC)c1)[N+](C)(CCCOC(=O)/C=C\C(=O)OCCC[N+]1(C)CCc3cc(C)c(C)cc3C1c1cc(C)c(OC)c(OC)c1)CC2. The highest BCUT2D eigenvalue weighted by molar-refractivity contribution is 5.91. The van der Waals surface area contributed by atoms with E-state index in [4.69, 9.17) is 37.9 Å². The smallest absolute Gasteiger partial charge is 0.331 e. The Bertz CT molecular complexity index is 2390. The van der Waals surface area contributed by atoms with Crippen molar-refractivity contribution in [3.8, 4) is 34.5 Å². The highest BCUT2D eigenvalue weighted by Gasteiger charge is 2.42. The Morgan fingerprint density at radius 1 is 0.554 bits per heavy atom. The molecule has 0 amide bonds. The number of carbonyl (C=O) groups is 2. The molecule has 0 fully saturated rings. The van der Waals surface area contributed by atoms with Crippen molar-refractivity contribution in [1.82, 2.24) is 0 Å². The number of aryl methyl sites for hydroxylation is 4. The van der Waals surface area contributed by atoms with Crippen LogP contribution in [-0.4, -0.2) is 117 Å². The number of hydrogen-bond acceptors (Lipinski definition) is 10. The molecule has 0 N–H and O–H groups in total. The maximum Gasteiger partial charge on any atom is 0.331 e. The van der Waals surface area contributed by atoms with E-state index < -0.39 is 11.9 Å². The quantitative estimate of drug-likeness (QED) is 0.0394. The van der Waals surface area contributed by atoms with E-state index in [0.717, 1.165) is 100 Å². The first-order valence-electron chi connectivity index (χ1n) is 22.6. The van der Waals surface area contributed by atoms with Gasteiger partial charge in [0.05, 0.1) is 96.1 Å². The lowest BCUT2D eigenvalue weighted by Gasteiger charge is -2.46. The number of likely N-dealkylation sites (N-methyl/N-ethyl adjacent to an activating group) is 2. The molecule has 4 aromatic rings. The van der Waals surface area contributed by atoms with E-state index in [1.807, 2.05) is 13.8 Å². The van der Waals surface area contributed by atoms with Crippen molar-refractivity contribution in [1.29, 1.82) is 0 Å². The van der Waals surface area contributed by atoms with Crippen LogP contribution in [0, 0.1) is 27.7 Å². The molecule has 2 aliphatic heterocycles. The highest BCUT2D eigenvalue weighted by Crippen LogP contribution is 2.46. The van der Waals surface area contributed by atoms with Crippen LogP contribution in [0.4, 0.5) is 0 Å². The summed E-state index contributed by atoms with van der Waals surface area (Å²) in [7, 11) is 14.5. The first-order valence-corrected chi connectivity index (χ1v) is 22.6. The fourth-order valence-electron chi connectivity index (χ4n) is 10.3. The molecule has 2 aliphatic rings. The zero-order valence-corrected chi connectivity index (χ0v) is 40.7. The first kappa shape index (κ1) is 48.7. The molecule has 4 atom stereocenters. The molecule has 12 heteroatoms. The monoisotopic (exact) mass is 895 g/mol. The van der Waals surface area contributed by atoms with Gasteiger partial charge in [0.2, 0.25) is 0 Å². The average molecular weight is 895 g/mol. The van der Waals surface area contributed by atoms with Gasteiger partial charge in [-0.2, -0.15) is 0 Å². The Labute approximate surface area is 386 Å². The molecule has 0 aromatic heterocycles. The van der Waals surface area contributed by atoms with Gasteiger partial charge in [0, 0.05) is 60.9 Å². The lowest BCUT2D eigenvalue weighted by molar-refractivity contribution is -0.941. The van der Waals surface area contributed by atoms with Gasteiger partial charge in [-0.25, -0.2) is 9.59 Å². The molecule has 65 heavy (non-hydrogen) atoms. The minimum atomic E-state index is -0.577. The van der Waals surface area contributed by atoms with Crippen molar-refractivity contribution in [3.05, 3.63) is 116 Å². The van der Waals surface area contributed by atoms with Crippen molar-refractivity contribution >= 4 is 11.9 Å². The van der Waals surface area contributed by atoms with Gasteiger partial charge >= 0.3 is 11.9 Å². The second kappa shape index (κ2) is 21.1. The highest BCUT2D eigenvalue weighted by atomic mass is 16.5. The van der Waals surface area contributed by atoms with Gasteiger partial charge in [0.25, 0.3) is 0 Å². The summed E-state index contributed by atoms with van der Waals surface area (Å²) in [6.45, 7) is 12.2. The van der Waals surface area contributed by atoms with Gasteiger partial charge in [-0.05, 0) is 103 Å². The van der Waals surface area contributed by atoms with Crippen molar-refractivity contribution < 1.29 is 56.5 Å². The van der Waals surface area contributed by atoms with Gasteiger partial charge in [0.15, 0.2) is 34.5 Å². The van der Waals surface area contributed by atoms with Crippen LogP contribution in [0.3, 0.4) is 0 Å². The fraction of sp³-hybridized carbons (Fsp3) is 0.472. The number of carbonyl (C=O) groups excluding carboxylic acids is 2. The molecule has 0 bridgehead atoms. The molecule has 6 rings (SSSR count). The summed E-state index contributed by atoms with van der Waals surface area (Å²) in [6, 6.07) is 17.5. The number of esters is 2. The molecular weight excluding hydrogens is 825 g/mol. The van der Waals surface area contributed by atoms with E-state index in [2.05, 4.69) is 76.5 Å². The summed E-state index contributed by atoms with van der Waals surface area (Å²) in [5, 5.41) is 0. The Hall–Kier alpha value is -5.72. The third-order valence-electron chi connectivity index (χ3n) is 13.8. The van der Waals surface area contributed by atoms with Gasteiger partial charge in [-0.15, -0.1) is 0 Å². The molecule has 0 radical (unpaired) electrons. The number of nitrogens with zero attached hydrogens (tertiary/aromatic N) is 2. The largest absolute Gasteiger partial charge is 0.493 e. The van der Waals surface area contributed by atoms with Crippen LogP contribution in [0.5, 0.6) is 34.5 Å².